The molecular formula is C20H20N4O2. The highest BCUT2D eigenvalue weighted by molar-refractivity contribution is 5.94. The van der Waals surface area contributed by atoms with E-state index in [9.17, 15) is 4.79 Å². The van der Waals surface area contributed by atoms with E-state index in [1.54, 1.807) is 19.1 Å². The molecule has 26 heavy (non-hydrogen) atoms. The predicted octanol–water partition coefficient (Wildman–Crippen LogP) is 4.57. The van der Waals surface area contributed by atoms with E-state index in [1.807, 2.05) is 49.4 Å². The molecule has 1 aromatic heterocycles. The molecule has 0 atom stereocenters. The first kappa shape index (κ1) is 17.4. The summed E-state index contributed by atoms with van der Waals surface area (Å²) in [6, 6.07) is 16.7. The molecule has 0 radical (unpaired) electrons. The second kappa shape index (κ2) is 8.11. The minimum Gasteiger partial charge on any atom is -0.494 e. The van der Waals surface area contributed by atoms with Crippen molar-refractivity contribution in [1.82, 2.24) is 9.97 Å². The first-order chi connectivity index (χ1) is 12.6. The maximum absolute atomic E-state index is 11.3. The standard InChI is InChI=1S/C20H20N4O2/c1-3-26-18-10-8-17(9-11-18)24-20-12-19(21-13-22-20)23-16-6-4-15(5-7-16)14(2)25/h4-13H,3H2,1-2H3,(H2,21,22,23,24). The van der Waals surface area contributed by atoms with E-state index in [0.29, 0.717) is 23.8 Å². The number of hydrogen-bond acceptors (Lipinski definition) is 6. The molecule has 3 aromatic rings. The van der Waals surface area contributed by atoms with Gasteiger partial charge in [0.15, 0.2) is 5.78 Å². The molecule has 3 rings (SSSR count). The summed E-state index contributed by atoms with van der Waals surface area (Å²) in [5, 5.41) is 6.43. The maximum atomic E-state index is 11.3. The zero-order chi connectivity index (χ0) is 18.4. The van der Waals surface area contributed by atoms with E-state index in [2.05, 4.69) is 20.6 Å². The lowest BCUT2D eigenvalue weighted by molar-refractivity contribution is 0.101. The zero-order valence-corrected chi connectivity index (χ0v) is 14.7. The number of Topliss-reactive ketones (excluding diaryl/α,β-unsaturated/α-hetero) is 1. The Bertz CT molecular complexity index is 877. The Morgan fingerprint density at radius 2 is 1.46 bits per heavy atom. The van der Waals surface area contributed by atoms with E-state index in [0.717, 1.165) is 17.1 Å². The monoisotopic (exact) mass is 348 g/mol. The summed E-state index contributed by atoms with van der Waals surface area (Å²) in [6.45, 7) is 4.14. The SMILES string of the molecule is CCOc1ccc(Nc2cc(Nc3ccc(C(C)=O)cc3)ncn2)cc1. The quantitative estimate of drug-likeness (QED) is 0.609. The molecule has 0 aliphatic heterocycles. The topological polar surface area (TPSA) is 76.1 Å². The van der Waals surface area contributed by atoms with Crippen molar-refractivity contribution in [2.24, 2.45) is 0 Å². The van der Waals surface area contributed by atoms with Crippen molar-refractivity contribution in [2.75, 3.05) is 17.2 Å². The van der Waals surface area contributed by atoms with Gasteiger partial charge in [0.25, 0.3) is 0 Å². The van der Waals surface area contributed by atoms with Crippen LogP contribution in [-0.2, 0) is 0 Å². The summed E-state index contributed by atoms with van der Waals surface area (Å²) < 4.78 is 5.44. The van der Waals surface area contributed by atoms with E-state index in [1.165, 1.54) is 6.33 Å². The maximum Gasteiger partial charge on any atom is 0.159 e. The molecule has 132 valence electrons. The average Bonchev–Trinajstić information content (AvgIpc) is 2.64. The largest absolute Gasteiger partial charge is 0.494 e. The summed E-state index contributed by atoms with van der Waals surface area (Å²) in [5.74, 6) is 2.20. The Kier molecular flexibility index (Phi) is 5.43. The fourth-order valence-corrected chi connectivity index (χ4v) is 2.38. The van der Waals surface area contributed by atoms with E-state index in [4.69, 9.17) is 4.74 Å². The van der Waals surface area contributed by atoms with Crippen molar-refractivity contribution in [3.8, 4) is 5.75 Å². The average molecular weight is 348 g/mol. The van der Waals surface area contributed by atoms with Crippen LogP contribution < -0.4 is 15.4 Å². The van der Waals surface area contributed by atoms with Crippen LogP contribution in [0, 0.1) is 0 Å². The van der Waals surface area contributed by atoms with E-state index in [-0.39, 0.29) is 5.78 Å². The summed E-state index contributed by atoms with van der Waals surface area (Å²) >= 11 is 0. The Balaban J connectivity index is 1.68. The molecule has 0 unspecified atom stereocenters. The van der Waals surface area contributed by atoms with Gasteiger partial charge in [0.2, 0.25) is 0 Å². The fourth-order valence-electron chi connectivity index (χ4n) is 2.38. The van der Waals surface area contributed by atoms with Crippen molar-refractivity contribution in [3.05, 3.63) is 66.5 Å². The number of ketones is 1. The van der Waals surface area contributed by atoms with Crippen molar-refractivity contribution in [1.29, 1.82) is 0 Å². The summed E-state index contributed by atoms with van der Waals surface area (Å²) in [5.41, 5.74) is 2.43. The second-order valence-corrected chi connectivity index (χ2v) is 5.63. The zero-order valence-electron chi connectivity index (χ0n) is 14.7. The third-order valence-corrected chi connectivity index (χ3v) is 3.67. The van der Waals surface area contributed by atoms with Crippen LogP contribution in [0.5, 0.6) is 5.75 Å². The number of rotatable bonds is 7. The molecule has 6 heteroatoms. The van der Waals surface area contributed by atoms with Crippen LogP contribution in [0.15, 0.2) is 60.9 Å². The number of hydrogen-bond donors (Lipinski definition) is 2. The Hall–Kier alpha value is -3.41. The number of aromatic nitrogens is 2. The molecule has 0 amide bonds. The highest BCUT2D eigenvalue weighted by Crippen LogP contribution is 2.21. The Morgan fingerprint density at radius 3 is 1.96 bits per heavy atom. The molecule has 0 saturated heterocycles. The molecule has 1 heterocycles. The summed E-state index contributed by atoms with van der Waals surface area (Å²) in [7, 11) is 0. The van der Waals surface area contributed by atoms with Gasteiger partial charge in [0.1, 0.15) is 23.7 Å². The summed E-state index contributed by atoms with van der Waals surface area (Å²) in [4.78, 5) is 19.8. The molecule has 6 nitrogen and oxygen atoms in total. The lowest BCUT2D eigenvalue weighted by atomic mass is 10.1. The van der Waals surface area contributed by atoms with Gasteiger partial charge < -0.3 is 15.4 Å². The first-order valence-corrected chi connectivity index (χ1v) is 8.34. The van der Waals surface area contributed by atoms with Crippen LogP contribution in [0.3, 0.4) is 0 Å². The Labute approximate surface area is 152 Å². The van der Waals surface area contributed by atoms with Gasteiger partial charge in [-0.2, -0.15) is 0 Å². The van der Waals surface area contributed by atoms with Gasteiger partial charge in [0, 0.05) is 23.0 Å². The molecular weight excluding hydrogens is 328 g/mol. The molecule has 0 bridgehead atoms. The van der Waals surface area contributed by atoms with Crippen molar-refractivity contribution < 1.29 is 9.53 Å². The normalized spacial score (nSPS) is 10.2. The van der Waals surface area contributed by atoms with Crippen LogP contribution in [-0.4, -0.2) is 22.4 Å². The molecule has 2 N–H and O–H groups in total. The number of carbonyl (C=O) groups is 1. The lowest BCUT2D eigenvalue weighted by Crippen LogP contribution is -1.99. The highest BCUT2D eigenvalue weighted by atomic mass is 16.5. The minimum atomic E-state index is 0.0421. The van der Waals surface area contributed by atoms with Crippen LogP contribution >= 0.6 is 0 Å². The number of nitrogens with zero attached hydrogens (tertiary/aromatic N) is 2. The van der Waals surface area contributed by atoms with Gasteiger partial charge in [-0.3, -0.25) is 4.79 Å². The second-order valence-electron chi connectivity index (χ2n) is 5.63. The van der Waals surface area contributed by atoms with Gasteiger partial charge in [0.05, 0.1) is 6.61 Å². The van der Waals surface area contributed by atoms with Crippen LogP contribution in [0.2, 0.25) is 0 Å². The van der Waals surface area contributed by atoms with E-state index < -0.39 is 0 Å². The van der Waals surface area contributed by atoms with E-state index >= 15 is 0 Å². The van der Waals surface area contributed by atoms with Crippen molar-refractivity contribution in [3.63, 3.8) is 0 Å². The highest BCUT2D eigenvalue weighted by Gasteiger charge is 2.03. The van der Waals surface area contributed by atoms with Gasteiger partial charge in [-0.15, -0.1) is 0 Å². The van der Waals surface area contributed by atoms with Gasteiger partial charge >= 0.3 is 0 Å². The number of anilines is 4. The number of carbonyl (C=O) groups excluding carboxylic acids is 1. The lowest BCUT2D eigenvalue weighted by Gasteiger charge is -2.10. The first-order valence-electron chi connectivity index (χ1n) is 8.34. The predicted molar refractivity (Wildman–Crippen MR) is 103 cm³/mol. The van der Waals surface area contributed by atoms with Crippen molar-refractivity contribution in [2.45, 2.75) is 13.8 Å². The van der Waals surface area contributed by atoms with Crippen LogP contribution in [0.25, 0.3) is 0 Å². The third-order valence-electron chi connectivity index (χ3n) is 3.67. The van der Waals surface area contributed by atoms with Crippen LogP contribution in [0.4, 0.5) is 23.0 Å². The molecule has 0 spiro atoms. The Morgan fingerprint density at radius 1 is 0.923 bits per heavy atom. The van der Waals surface area contributed by atoms with Crippen molar-refractivity contribution >= 4 is 28.8 Å². The molecule has 2 aromatic carbocycles. The van der Waals surface area contributed by atoms with Gasteiger partial charge in [-0.25, -0.2) is 9.97 Å². The minimum absolute atomic E-state index is 0.0421. The number of benzene rings is 2. The summed E-state index contributed by atoms with van der Waals surface area (Å²) in [6.07, 6.45) is 1.49. The van der Waals surface area contributed by atoms with Gasteiger partial charge in [-0.05, 0) is 62.4 Å². The third kappa shape index (κ3) is 4.57. The number of nitrogens with one attached hydrogen (secondary N) is 2. The molecule has 0 saturated carbocycles. The van der Waals surface area contributed by atoms with Gasteiger partial charge in [-0.1, -0.05) is 0 Å². The molecule has 0 aliphatic rings. The molecule has 0 fully saturated rings. The molecule has 0 aliphatic carbocycles. The smallest absolute Gasteiger partial charge is 0.159 e. The number of ether oxygens (including phenoxy) is 1. The van der Waals surface area contributed by atoms with Crippen LogP contribution in [0.1, 0.15) is 24.2 Å². The fraction of sp³-hybridized carbons (Fsp3) is 0.150.